The van der Waals surface area contributed by atoms with E-state index < -0.39 is 0 Å². The molecule has 0 unspecified atom stereocenters. The van der Waals surface area contributed by atoms with E-state index in [1.807, 2.05) is 41.9 Å². The van der Waals surface area contributed by atoms with Gasteiger partial charge in [0, 0.05) is 40.8 Å². The summed E-state index contributed by atoms with van der Waals surface area (Å²) in [5.41, 5.74) is 3.71. The monoisotopic (exact) mass is 439 g/mol. The number of benzene rings is 1. The van der Waals surface area contributed by atoms with Crippen LogP contribution in [0.3, 0.4) is 0 Å². The van der Waals surface area contributed by atoms with Gasteiger partial charge in [-0.05, 0) is 36.8 Å². The fourth-order valence-electron chi connectivity index (χ4n) is 3.52. The molecule has 1 aromatic carbocycles. The molecule has 0 fully saturated rings. The van der Waals surface area contributed by atoms with Crippen molar-refractivity contribution >= 4 is 44.7 Å². The fourth-order valence-corrected chi connectivity index (χ4v) is 4.54. The number of hydrogen-bond donors (Lipinski definition) is 1. The molecule has 0 amide bonds. The average Bonchev–Trinajstić information content (AvgIpc) is 3.36. The number of nitrogens with zero attached hydrogens (tertiary/aromatic N) is 2. The van der Waals surface area contributed by atoms with E-state index in [2.05, 4.69) is 22.2 Å². The summed E-state index contributed by atoms with van der Waals surface area (Å²) in [5, 5.41) is 7.93. The molecular formula is C24H26ClN3OS. The molecule has 0 saturated heterocycles. The van der Waals surface area contributed by atoms with Gasteiger partial charge < -0.3 is 9.73 Å². The predicted molar refractivity (Wildman–Crippen MR) is 127 cm³/mol. The van der Waals surface area contributed by atoms with Crippen LogP contribution in [0.4, 0.5) is 10.8 Å². The second-order valence-electron chi connectivity index (χ2n) is 7.47. The first-order valence-corrected chi connectivity index (χ1v) is 11.8. The van der Waals surface area contributed by atoms with E-state index in [0.29, 0.717) is 0 Å². The van der Waals surface area contributed by atoms with Crippen LogP contribution >= 0.6 is 22.9 Å². The quantitative estimate of drug-likeness (QED) is 0.252. The first kappa shape index (κ1) is 20.9. The summed E-state index contributed by atoms with van der Waals surface area (Å²) in [4.78, 5) is 8.82. The van der Waals surface area contributed by atoms with Crippen molar-refractivity contribution in [3.05, 3.63) is 58.9 Å². The molecule has 6 heteroatoms. The van der Waals surface area contributed by atoms with Crippen molar-refractivity contribution < 1.29 is 4.42 Å². The lowest BCUT2D eigenvalue weighted by atomic mass is 10.1. The van der Waals surface area contributed by atoms with Crippen molar-refractivity contribution in [1.82, 2.24) is 9.97 Å². The summed E-state index contributed by atoms with van der Waals surface area (Å²) >= 11 is 8.20. The van der Waals surface area contributed by atoms with Crippen LogP contribution < -0.4 is 5.32 Å². The number of unbranched alkanes of at least 4 members (excludes halogenated alkanes) is 5. The molecule has 0 radical (unpaired) electrons. The van der Waals surface area contributed by atoms with Gasteiger partial charge in [-0.25, -0.2) is 4.98 Å². The zero-order chi connectivity index (χ0) is 20.8. The summed E-state index contributed by atoms with van der Waals surface area (Å²) in [7, 11) is 0. The third kappa shape index (κ3) is 5.02. The molecule has 0 bridgehead atoms. The molecule has 3 heterocycles. The number of nitrogens with one attached hydrogen (secondary N) is 1. The zero-order valence-corrected chi connectivity index (χ0v) is 18.7. The molecule has 0 atom stereocenters. The van der Waals surface area contributed by atoms with Gasteiger partial charge in [-0.1, -0.05) is 50.6 Å². The summed E-state index contributed by atoms with van der Waals surface area (Å²) in [6, 6.07) is 9.94. The van der Waals surface area contributed by atoms with Crippen LogP contribution in [0.5, 0.6) is 0 Å². The molecule has 0 aliphatic carbocycles. The summed E-state index contributed by atoms with van der Waals surface area (Å²) in [5.74, 6) is 0.896. The minimum absolute atomic E-state index is 0.734. The summed E-state index contributed by atoms with van der Waals surface area (Å²) in [6.45, 7) is 2.24. The van der Waals surface area contributed by atoms with Crippen LogP contribution in [-0.2, 0) is 6.42 Å². The maximum absolute atomic E-state index is 6.64. The lowest BCUT2D eigenvalue weighted by molar-refractivity contribution is 0.522. The van der Waals surface area contributed by atoms with E-state index in [1.165, 1.54) is 32.1 Å². The Morgan fingerprint density at radius 2 is 1.97 bits per heavy atom. The Balaban J connectivity index is 1.42. The van der Waals surface area contributed by atoms with Gasteiger partial charge in [-0.15, -0.1) is 11.3 Å². The van der Waals surface area contributed by atoms with Gasteiger partial charge in [0.05, 0.1) is 10.7 Å². The highest BCUT2D eigenvalue weighted by Crippen LogP contribution is 2.35. The average molecular weight is 440 g/mol. The number of aryl methyl sites for hydroxylation is 1. The lowest BCUT2D eigenvalue weighted by Gasteiger charge is -2.02. The van der Waals surface area contributed by atoms with Crippen molar-refractivity contribution in [2.75, 3.05) is 5.32 Å². The van der Waals surface area contributed by atoms with E-state index in [9.17, 15) is 0 Å². The maximum Gasteiger partial charge on any atom is 0.187 e. The molecule has 4 rings (SSSR count). The van der Waals surface area contributed by atoms with Gasteiger partial charge in [-0.2, -0.15) is 0 Å². The number of anilines is 2. The smallest absolute Gasteiger partial charge is 0.187 e. The fraction of sp³-hybridized carbons (Fsp3) is 0.333. The Morgan fingerprint density at radius 1 is 1.10 bits per heavy atom. The number of hydrogen-bond acceptors (Lipinski definition) is 5. The Kier molecular flexibility index (Phi) is 7.03. The van der Waals surface area contributed by atoms with Crippen LogP contribution in [0.1, 0.15) is 51.2 Å². The van der Waals surface area contributed by atoms with Gasteiger partial charge in [0.25, 0.3) is 0 Å². The predicted octanol–water partition coefficient (Wildman–Crippen LogP) is 8.25. The summed E-state index contributed by atoms with van der Waals surface area (Å²) in [6.07, 6.45) is 12.0. The third-order valence-corrected chi connectivity index (χ3v) is 6.34. The first-order valence-electron chi connectivity index (χ1n) is 10.6. The van der Waals surface area contributed by atoms with Crippen molar-refractivity contribution in [2.24, 2.45) is 0 Å². The normalized spacial score (nSPS) is 11.3. The molecule has 156 valence electrons. The highest BCUT2D eigenvalue weighted by atomic mass is 35.5. The van der Waals surface area contributed by atoms with Gasteiger partial charge in [0.1, 0.15) is 11.3 Å². The second-order valence-corrected chi connectivity index (χ2v) is 8.71. The number of furan rings is 1. The van der Waals surface area contributed by atoms with Crippen molar-refractivity contribution in [2.45, 2.75) is 51.9 Å². The Bertz CT molecular complexity index is 1090. The molecule has 0 spiro atoms. The maximum atomic E-state index is 6.64. The minimum Gasteiger partial charge on any atom is -0.459 e. The van der Waals surface area contributed by atoms with Gasteiger partial charge in [-0.3, -0.25) is 4.98 Å². The Hall–Kier alpha value is -2.37. The van der Waals surface area contributed by atoms with Crippen LogP contribution in [0.2, 0.25) is 5.02 Å². The number of aromatic nitrogens is 2. The lowest BCUT2D eigenvalue weighted by Crippen LogP contribution is -1.89. The molecule has 3 aromatic heterocycles. The number of fused-ring (bicyclic) bond motifs is 1. The Labute approximate surface area is 186 Å². The van der Waals surface area contributed by atoms with Crippen LogP contribution in [0, 0.1) is 0 Å². The van der Waals surface area contributed by atoms with E-state index in [1.54, 1.807) is 17.5 Å². The van der Waals surface area contributed by atoms with Gasteiger partial charge >= 0.3 is 0 Å². The number of halogens is 1. The van der Waals surface area contributed by atoms with Gasteiger partial charge in [0.15, 0.2) is 5.13 Å². The standard InChI is InChI=1S/C24H26ClN3OS/c1-2-3-4-5-6-7-10-22-23(25)19-14-18(11-12-21(19)29-22)27-24-28-20(16-30-24)17-9-8-13-26-15-17/h8-9,11-16H,2-7,10H2,1H3,(H,27,28). The van der Waals surface area contributed by atoms with Crippen molar-refractivity contribution in [1.29, 1.82) is 0 Å². The number of rotatable bonds is 10. The van der Waals surface area contributed by atoms with Crippen molar-refractivity contribution in [3.8, 4) is 11.3 Å². The van der Waals surface area contributed by atoms with Gasteiger partial charge in [0.2, 0.25) is 0 Å². The molecule has 1 N–H and O–H groups in total. The zero-order valence-electron chi connectivity index (χ0n) is 17.2. The first-order chi connectivity index (χ1) is 14.7. The summed E-state index contributed by atoms with van der Waals surface area (Å²) < 4.78 is 6.01. The third-order valence-electron chi connectivity index (χ3n) is 5.16. The highest BCUT2D eigenvalue weighted by Gasteiger charge is 2.13. The van der Waals surface area contributed by atoms with Crippen LogP contribution in [0.15, 0.2) is 52.5 Å². The second kappa shape index (κ2) is 10.1. The number of pyridine rings is 1. The van der Waals surface area contributed by atoms with E-state index >= 15 is 0 Å². The van der Waals surface area contributed by atoms with E-state index in [4.69, 9.17) is 16.0 Å². The Morgan fingerprint density at radius 3 is 2.80 bits per heavy atom. The molecule has 0 aliphatic rings. The van der Waals surface area contributed by atoms with E-state index in [0.717, 1.165) is 56.7 Å². The van der Waals surface area contributed by atoms with Crippen LogP contribution in [-0.4, -0.2) is 9.97 Å². The largest absolute Gasteiger partial charge is 0.459 e. The highest BCUT2D eigenvalue weighted by molar-refractivity contribution is 7.14. The molecule has 4 aromatic rings. The molecular weight excluding hydrogens is 414 g/mol. The van der Waals surface area contributed by atoms with Crippen molar-refractivity contribution in [3.63, 3.8) is 0 Å². The molecule has 0 saturated carbocycles. The molecule has 4 nitrogen and oxygen atoms in total. The number of thiazole rings is 1. The van der Waals surface area contributed by atoms with Crippen LogP contribution in [0.25, 0.3) is 22.2 Å². The minimum atomic E-state index is 0.734. The van der Waals surface area contributed by atoms with E-state index in [-0.39, 0.29) is 0 Å². The SMILES string of the molecule is CCCCCCCCc1oc2ccc(Nc3nc(-c4cccnc4)cs3)cc2c1Cl. The molecule has 30 heavy (non-hydrogen) atoms. The molecule has 0 aliphatic heterocycles. The topological polar surface area (TPSA) is 51.0 Å².